The van der Waals surface area contributed by atoms with Crippen molar-refractivity contribution in [1.82, 2.24) is 0 Å². The SMILES string of the molecule is [N-]=[N+]=NC(N=[N+]=[N-])(C(=O)c1ccccc1)c1ccccc1. The number of rotatable bonds is 5. The smallest absolute Gasteiger partial charge is 0.214 e. The summed E-state index contributed by atoms with van der Waals surface area (Å²) in [6.45, 7) is 0. The summed E-state index contributed by atoms with van der Waals surface area (Å²) in [6.07, 6.45) is 0. The van der Waals surface area contributed by atoms with Gasteiger partial charge in [-0.2, -0.15) is 0 Å². The second kappa shape index (κ2) is 6.25. The van der Waals surface area contributed by atoms with Crippen molar-refractivity contribution in [3.05, 3.63) is 92.7 Å². The lowest BCUT2D eigenvalue weighted by Gasteiger charge is -2.22. The van der Waals surface area contributed by atoms with E-state index in [0.29, 0.717) is 11.1 Å². The molecule has 0 fully saturated rings. The average Bonchev–Trinajstić information content (AvgIpc) is 2.55. The van der Waals surface area contributed by atoms with Crippen LogP contribution < -0.4 is 0 Å². The first-order valence-electron chi connectivity index (χ1n) is 6.02. The summed E-state index contributed by atoms with van der Waals surface area (Å²) in [4.78, 5) is 18.1. The summed E-state index contributed by atoms with van der Waals surface area (Å²) >= 11 is 0. The maximum absolute atomic E-state index is 12.7. The number of nitrogens with zero attached hydrogens (tertiary/aromatic N) is 6. The third kappa shape index (κ3) is 2.69. The first-order valence-corrected chi connectivity index (χ1v) is 6.02. The van der Waals surface area contributed by atoms with Crippen molar-refractivity contribution < 1.29 is 4.79 Å². The molecule has 0 aliphatic heterocycles. The number of carbonyl (C=O) groups is 1. The third-order valence-corrected chi connectivity index (χ3v) is 2.91. The van der Waals surface area contributed by atoms with Crippen molar-refractivity contribution in [3.8, 4) is 0 Å². The van der Waals surface area contributed by atoms with Crippen LogP contribution in [0.1, 0.15) is 15.9 Å². The highest BCUT2D eigenvalue weighted by atomic mass is 16.1. The predicted molar refractivity (Wildman–Crippen MR) is 77.2 cm³/mol. The van der Waals surface area contributed by atoms with Gasteiger partial charge in [0, 0.05) is 15.4 Å². The monoisotopic (exact) mass is 278 g/mol. The van der Waals surface area contributed by atoms with Crippen molar-refractivity contribution in [2.45, 2.75) is 5.66 Å². The second-order valence-corrected chi connectivity index (χ2v) is 4.11. The molecule has 0 aliphatic carbocycles. The second-order valence-electron chi connectivity index (χ2n) is 4.11. The Kier molecular flexibility index (Phi) is 4.21. The molecule has 2 aromatic carbocycles. The lowest BCUT2D eigenvalue weighted by atomic mass is 9.92. The summed E-state index contributed by atoms with van der Waals surface area (Å²) in [5.74, 6) is -0.579. The highest BCUT2D eigenvalue weighted by molar-refractivity contribution is 6.03. The Labute approximate surface area is 120 Å². The number of azide groups is 1. The van der Waals surface area contributed by atoms with Crippen LogP contribution in [0.3, 0.4) is 0 Å². The van der Waals surface area contributed by atoms with Gasteiger partial charge < -0.3 is 0 Å². The van der Waals surface area contributed by atoms with E-state index in [1.54, 1.807) is 60.7 Å². The van der Waals surface area contributed by atoms with Gasteiger partial charge in [-0.25, -0.2) is 0 Å². The Bertz CT molecular complexity index is 713. The Balaban J connectivity index is 2.69. The minimum atomic E-state index is -1.97. The van der Waals surface area contributed by atoms with Crippen LogP contribution in [0.15, 0.2) is 70.9 Å². The van der Waals surface area contributed by atoms with Gasteiger partial charge in [-0.15, -0.1) is 0 Å². The molecule has 2 rings (SSSR count). The number of ketones is 1. The topological polar surface area (TPSA) is 115 Å². The summed E-state index contributed by atoms with van der Waals surface area (Å²) in [5, 5.41) is 7.01. The van der Waals surface area contributed by atoms with Crippen LogP contribution >= 0.6 is 0 Å². The van der Waals surface area contributed by atoms with Crippen molar-refractivity contribution in [2.75, 3.05) is 0 Å². The zero-order valence-corrected chi connectivity index (χ0v) is 10.9. The molecular weight excluding hydrogens is 268 g/mol. The van der Waals surface area contributed by atoms with Gasteiger partial charge in [0.15, 0.2) is 5.78 Å². The molecule has 0 radical (unpaired) electrons. The number of hydrogen-bond donors (Lipinski definition) is 0. The van der Waals surface area contributed by atoms with Gasteiger partial charge in [-0.1, -0.05) is 70.9 Å². The van der Waals surface area contributed by atoms with Crippen LogP contribution in [0.25, 0.3) is 20.9 Å². The normalized spacial score (nSPS) is 12.4. The van der Waals surface area contributed by atoms with Crippen molar-refractivity contribution in [3.63, 3.8) is 0 Å². The molecule has 0 unspecified atom stereocenters. The molecule has 0 spiro atoms. The zero-order valence-electron chi connectivity index (χ0n) is 10.9. The van der Waals surface area contributed by atoms with E-state index >= 15 is 0 Å². The molecule has 2 aromatic rings. The Morgan fingerprint density at radius 1 is 0.857 bits per heavy atom. The molecule has 0 heterocycles. The van der Waals surface area contributed by atoms with E-state index in [4.69, 9.17) is 11.1 Å². The molecule has 0 atom stereocenters. The molecule has 102 valence electrons. The van der Waals surface area contributed by atoms with Crippen molar-refractivity contribution in [2.24, 2.45) is 10.2 Å². The van der Waals surface area contributed by atoms with E-state index in [-0.39, 0.29) is 0 Å². The van der Waals surface area contributed by atoms with Crippen LogP contribution in [0.2, 0.25) is 0 Å². The fourth-order valence-electron chi connectivity index (χ4n) is 1.95. The maximum atomic E-state index is 12.7. The molecule has 7 heteroatoms. The van der Waals surface area contributed by atoms with Crippen LogP contribution in [0, 0.1) is 0 Å². The van der Waals surface area contributed by atoms with Crippen molar-refractivity contribution in [1.29, 1.82) is 0 Å². The largest absolute Gasteiger partial charge is 0.293 e. The minimum Gasteiger partial charge on any atom is -0.293 e. The van der Waals surface area contributed by atoms with Gasteiger partial charge in [-0.05, 0) is 16.6 Å². The molecule has 0 amide bonds. The summed E-state index contributed by atoms with van der Waals surface area (Å²) in [6, 6.07) is 16.5. The molecular formula is C14H10N6O. The molecule has 0 aliphatic rings. The Hall–Kier alpha value is -3.27. The quantitative estimate of drug-likeness (QED) is 0.344. The van der Waals surface area contributed by atoms with Gasteiger partial charge in [-0.3, -0.25) is 4.79 Å². The number of Topliss-reactive ketones (excluding diaryl/α,β-unsaturated/α-hetero) is 1. The summed E-state index contributed by atoms with van der Waals surface area (Å²) in [5.41, 5.74) is 16.3. The first kappa shape index (κ1) is 14.1. The molecule has 0 saturated heterocycles. The van der Waals surface area contributed by atoms with E-state index in [0.717, 1.165) is 0 Å². The number of carbonyl (C=O) groups excluding carboxylic acids is 1. The fourth-order valence-corrected chi connectivity index (χ4v) is 1.95. The lowest BCUT2D eigenvalue weighted by molar-refractivity contribution is 0.0891. The van der Waals surface area contributed by atoms with Gasteiger partial charge >= 0.3 is 0 Å². The van der Waals surface area contributed by atoms with Crippen LogP contribution in [-0.2, 0) is 5.66 Å². The fraction of sp³-hybridized carbons (Fsp3) is 0.0714. The van der Waals surface area contributed by atoms with Crippen LogP contribution in [0.4, 0.5) is 0 Å². The minimum absolute atomic E-state index is 0.293. The van der Waals surface area contributed by atoms with Gasteiger partial charge in [0.25, 0.3) is 0 Å². The summed E-state index contributed by atoms with van der Waals surface area (Å²) < 4.78 is 0. The third-order valence-electron chi connectivity index (χ3n) is 2.91. The molecule has 0 N–H and O–H groups in total. The van der Waals surface area contributed by atoms with Crippen molar-refractivity contribution >= 4 is 5.78 Å². The molecule has 7 nitrogen and oxygen atoms in total. The maximum Gasteiger partial charge on any atom is 0.214 e. The van der Waals surface area contributed by atoms with Crippen LogP contribution in [0.5, 0.6) is 0 Å². The highest BCUT2D eigenvalue weighted by Gasteiger charge is 2.39. The molecule has 21 heavy (non-hydrogen) atoms. The van der Waals surface area contributed by atoms with E-state index in [2.05, 4.69) is 20.1 Å². The zero-order chi connectivity index (χ0) is 15.1. The van der Waals surface area contributed by atoms with E-state index < -0.39 is 11.4 Å². The lowest BCUT2D eigenvalue weighted by Crippen LogP contribution is -2.31. The van der Waals surface area contributed by atoms with E-state index in [1.165, 1.54) is 0 Å². The van der Waals surface area contributed by atoms with E-state index in [9.17, 15) is 4.79 Å². The number of hydrogen-bond acceptors (Lipinski definition) is 3. The molecule has 0 saturated carbocycles. The average molecular weight is 278 g/mol. The van der Waals surface area contributed by atoms with Gasteiger partial charge in [0.1, 0.15) is 0 Å². The predicted octanol–water partition coefficient (Wildman–Crippen LogP) is 4.34. The standard InChI is InChI=1S/C14H10N6O/c15-19-17-14(18-20-16,12-9-5-2-6-10-12)13(21)11-7-3-1-4-8-11/h1-10H. The molecule has 0 aromatic heterocycles. The Morgan fingerprint density at radius 3 is 1.81 bits per heavy atom. The molecule has 0 bridgehead atoms. The summed E-state index contributed by atoms with van der Waals surface area (Å²) in [7, 11) is 0. The van der Waals surface area contributed by atoms with Gasteiger partial charge in [0.05, 0.1) is 0 Å². The highest BCUT2D eigenvalue weighted by Crippen LogP contribution is 2.32. The van der Waals surface area contributed by atoms with Gasteiger partial charge in [0.2, 0.25) is 5.66 Å². The Morgan fingerprint density at radius 2 is 1.33 bits per heavy atom. The first-order chi connectivity index (χ1) is 10.2. The van der Waals surface area contributed by atoms with Crippen LogP contribution in [-0.4, -0.2) is 5.78 Å². The number of benzene rings is 2. The van der Waals surface area contributed by atoms with E-state index in [1.807, 2.05) is 0 Å².